The summed E-state index contributed by atoms with van der Waals surface area (Å²) in [6, 6.07) is 8.22. The average Bonchev–Trinajstić information content (AvgIpc) is 3.15. The first kappa shape index (κ1) is 20.4. The van der Waals surface area contributed by atoms with Crippen LogP contribution in [0.25, 0.3) is 0 Å². The Kier molecular flexibility index (Phi) is 8.10. The third-order valence-corrected chi connectivity index (χ3v) is 5.19. The van der Waals surface area contributed by atoms with E-state index in [0.29, 0.717) is 19.1 Å². The molecule has 0 spiro atoms. The molecule has 0 radical (unpaired) electrons. The lowest BCUT2D eigenvalue weighted by Crippen LogP contribution is -2.46. The Labute approximate surface area is 157 Å². The molecule has 0 aromatic heterocycles. The summed E-state index contributed by atoms with van der Waals surface area (Å²) in [5.74, 6) is -0.0782. The molecular weight excluding hydrogens is 326 g/mol. The number of benzene rings is 1. The van der Waals surface area contributed by atoms with E-state index >= 15 is 0 Å². The van der Waals surface area contributed by atoms with Gasteiger partial charge in [-0.05, 0) is 44.4 Å². The monoisotopic (exact) mass is 359 g/mol. The number of nitrogens with zero attached hydrogens (tertiary/aromatic N) is 2. The topological polar surface area (TPSA) is 52.7 Å². The van der Waals surface area contributed by atoms with E-state index in [9.17, 15) is 9.59 Å². The lowest BCUT2D eigenvalue weighted by atomic mass is 10.2. The first-order valence-corrected chi connectivity index (χ1v) is 9.92. The van der Waals surface area contributed by atoms with Crippen molar-refractivity contribution in [3.63, 3.8) is 0 Å². The summed E-state index contributed by atoms with van der Waals surface area (Å²) in [7, 11) is 0. The van der Waals surface area contributed by atoms with Crippen molar-refractivity contribution in [3.05, 3.63) is 29.8 Å². The maximum absolute atomic E-state index is 12.8. The lowest BCUT2D eigenvalue weighted by Gasteiger charge is -2.30. The summed E-state index contributed by atoms with van der Waals surface area (Å²) in [5, 5.41) is 2.93. The number of carbonyl (C=O) groups is 2. The summed E-state index contributed by atoms with van der Waals surface area (Å²) in [6.07, 6.45) is 5.73. The average molecular weight is 360 g/mol. The Morgan fingerprint density at radius 3 is 2.42 bits per heavy atom. The smallest absolute Gasteiger partial charge is 0.244 e. The Morgan fingerprint density at radius 1 is 1.12 bits per heavy atom. The van der Waals surface area contributed by atoms with Crippen LogP contribution in [0.3, 0.4) is 0 Å². The largest absolute Gasteiger partial charge is 0.332 e. The maximum Gasteiger partial charge on any atom is 0.244 e. The van der Waals surface area contributed by atoms with Crippen LogP contribution >= 0.6 is 0 Å². The minimum absolute atomic E-state index is 0.0560. The molecule has 0 aliphatic heterocycles. The molecule has 5 heteroatoms. The van der Waals surface area contributed by atoms with Crippen molar-refractivity contribution < 1.29 is 9.59 Å². The van der Waals surface area contributed by atoms with Crippen LogP contribution in [0.2, 0.25) is 0 Å². The fourth-order valence-electron chi connectivity index (χ4n) is 3.68. The SMILES string of the molecule is CCCN(CC(=O)Nc1ccccc1C)C(=O)CN(CC)C1CCCC1. The molecule has 2 rings (SSSR count). The molecule has 0 unspecified atom stereocenters. The van der Waals surface area contributed by atoms with Gasteiger partial charge in [0.2, 0.25) is 11.8 Å². The van der Waals surface area contributed by atoms with Gasteiger partial charge in [-0.2, -0.15) is 0 Å². The first-order valence-electron chi connectivity index (χ1n) is 9.92. The van der Waals surface area contributed by atoms with Gasteiger partial charge in [0.15, 0.2) is 0 Å². The predicted octanol–water partition coefficient (Wildman–Crippen LogP) is 3.44. The Hall–Kier alpha value is -1.88. The molecule has 2 amide bonds. The predicted molar refractivity (Wildman–Crippen MR) is 106 cm³/mol. The number of likely N-dealkylation sites (N-methyl/N-ethyl adjacent to an activating group) is 1. The van der Waals surface area contributed by atoms with Gasteiger partial charge in [0, 0.05) is 18.3 Å². The van der Waals surface area contributed by atoms with Crippen LogP contribution in [0.4, 0.5) is 5.69 Å². The Morgan fingerprint density at radius 2 is 1.81 bits per heavy atom. The van der Waals surface area contributed by atoms with E-state index in [1.807, 2.05) is 38.1 Å². The second-order valence-electron chi connectivity index (χ2n) is 7.18. The molecule has 1 saturated carbocycles. The first-order chi connectivity index (χ1) is 12.5. The van der Waals surface area contributed by atoms with Gasteiger partial charge in [0.1, 0.15) is 0 Å². The zero-order chi connectivity index (χ0) is 18.9. The molecule has 0 heterocycles. The van der Waals surface area contributed by atoms with Gasteiger partial charge in [-0.15, -0.1) is 0 Å². The summed E-state index contributed by atoms with van der Waals surface area (Å²) < 4.78 is 0. The van der Waals surface area contributed by atoms with Gasteiger partial charge >= 0.3 is 0 Å². The molecule has 1 aromatic carbocycles. The van der Waals surface area contributed by atoms with Crippen molar-refractivity contribution in [1.29, 1.82) is 0 Å². The second kappa shape index (κ2) is 10.3. The van der Waals surface area contributed by atoms with Crippen LogP contribution in [0.5, 0.6) is 0 Å². The number of hydrogen-bond donors (Lipinski definition) is 1. The minimum atomic E-state index is -0.134. The highest BCUT2D eigenvalue weighted by Crippen LogP contribution is 2.23. The minimum Gasteiger partial charge on any atom is -0.332 e. The highest BCUT2D eigenvalue weighted by molar-refractivity contribution is 5.95. The van der Waals surface area contributed by atoms with Crippen LogP contribution in [0.1, 0.15) is 51.5 Å². The van der Waals surface area contributed by atoms with Crippen molar-refractivity contribution in [1.82, 2.24) is 9.80 Å². The van der Waals surface area contributed by atoms with E-state index in [1.165, 1.54) is 25.7 Å². The van der Waals surface area contributed by atoms with E-state index < -0.39 is 0 Å². The van der Waals surface area contributed by atoms with Crippen LogP contribution < -0.4 is 5.32 Å². The summed E-state index contributed by atoms with van der Waals surface area (Å²) >= 11 is 0. The maximum atomic E-state index is 12.8. The van der Waals surface area contributed by atoms with E-state index in [2.05, 4.69) is 17.1 Å². The number of aryl methyl sites for hydroxylation is 1. The fraction of sp³-hybridized carbons (Fsp3) is 0.619. The van der Waals surface area contributed by atoms with Crippen molar-refractivity contribution in [3.8, 4) is 0 Å². The third kappa shape index (κ3) is 5.84. The molecule has 144 valence electrons. The molecule has 0 saturated heterocycles. The lowest BCUT2D eigenvalue weighted by molar-refractivity contribution is -0.136. The standard InChI is InChI=1S/C21H33N3O2/c1-4-14-24(15-20(25)22-19-13-9-6-10-17(19)3)21(26)16-23(5-2)18-11-7-8-12-18/h6,9-10,13,18H,4-5,7-8,11-12,14-16H2,1-3H3,(H,22,25). The molecule has 5 nitrogen and oxygen atoms in total. The van der Waals surface area contributed by atoms with E-state index in [-0.39, 0.29) is 18.4 Å². The number of anilines is 1. The van der Waals surface area contributed by atoms with Crippen molar-refractivity contribution in [2.45, 2.75) is 58.9 Å². The van der Waals surface area contributed by atoms with Gasteiger partial charge in [-0.1, -0.05) is 44.9 Å². The Balaban J connectivity index is 1.94. The summed E-state index contributed by atoms with van der Waals surface area (Å²) in [6.45, 7) is 8.14. The second-order valence-corrected chi connectivity index (χ2v) is 7.18. The van der Waals surface area contributed by atoms with Crippen LogP contribution in [0.15, 0.2) is 24.3 Å². The number of amides is 2. The van der Waals surface area contributed by atoms with Crippen molar-refractivity contribution in [2.75, 3.05) is 31.5 Å². The highest BCUT2D eigenvalue weighted by Gasteiger charge is 2.25. The molecule has 0 bridgehead atoms. The van der Waals surface area contributed by atoms with E-state index in [0.717, 1.165) is 24.2 Å². The summed E-state index contributed by atoms with van der Waals surface area (Å²) in [4.78, 5) is 29.2. The number of hydrogen-bond acceptors (Lipinski definition) is 3. The van der Waals surface area contributed by atoms with Crippen LogP contribution in [-0.4, -0.2) is 53.8 Å². The molecular formula is C21H33N3O2. The third-order valence-electron chi connectivity index (χ3n) is 5.19. The molecule has 26 heavy (non-hydrogen) atoms. The van der Waals surface area contributed by atoms with Crippen molar-refractivity contribution in [2.24, 2.45) is 0 Å². The molecule has 1 aliphatic carbocycles. The zero-order valence-electron chi connectivity index (χ0n) is 16.5. The number of carbonyl (C=O) groups excluding carboxylic acids is 2. The molecule has 1 N–H and O–H groups in total. The van der Waals surface area contributed by atoms with Gasteiger partial charge in [0.05, 0.1) is 13.1 Å². The fourth-order valence-corrected chi connectivity index (χ4v) is 3.68. The molecule has 1 aromatic rings. The zero-order valence-corrected chi connectivity index (χ0v) is 16.5. The van der Waals surface area contributed by atoms with Crippen LogP contribution in [-0.2, 0) is 9.59 Å². The van der Waals surface area contributed by atoms with Gasteiger partial charge in [-0.3, -0.25) is 14.5 Å². The van der Waals surface area contributed by atoms with E-state index in [4.69, 9.17) is 0 Å². The number of para-hydroxylation sites is 1. The number of nitrogens with one attached hydrogen (secondary N) is 1. The molecule has 1 aliphatic rings. The number of rotatable bonds is 9. The normalized spacial score (nSPS) is 14.6. The quantitative estimate of drug-likeness (QED) is 0.735. The van der Waals surface area contributed by atoms with E-state index in [1.54, 1.807) is 4.90 Å². The van der Waals surface area contributed by atoms with Gasteiger partial charge in [0.25, 0.3) is 0 Å². The van der Waals surface area contributed by atoms with Crippen LogP contribution in [0, 0.1) is 6.92 Å². The molecule has 1 fully saturated rings. The Bertz CT molecular complexity index is 597. The summed E-state index contributed by atoms with van der Waals surface area (Å²) in [5.41, 5.74) is 1.83. The molecule has 0 atom stereocenters. The van der Waals surface area contributed by atoms with Gasteiger partial charge < -0.3 is 10.2 Å². The van der Waals surface area contributed by atoms with Gasteiger partial charge in [-0.25, -0.2) is 0 Å². The van der Waals surface area contributed by atoms with Crippen molar-refractivity contribution >= 4 is 17.5 Å². The highest BCUT2D eigenvalue weighted by atomic mass is 16.2.